The first-order chi connectivity index (χ1) is 8.43. The molecule has 1 heteroatoms. The van der Waals surface area contributed by atoms with Gasteiger partial charge in [-0.2, -0.15) is 0 Å². The van der Waals surface area contributed by atoms with Gasteiger partial charge in [-0.15, -0.1) is 0 Å². The van der Waals surface area contributed by atoms with Crippen LogP contribution in [0.2, 0.25) is 0 Å². The first kappa shape index (κ1) is 15.2. The second kappa shape index (κ2) is 6.94. The number of benzene rings is 1. The molecule has 0 saturated carbocycles. The minimum absolute atomic E-state index is 0.579. The quantitative estimate of drug-likeness (QED) is 0.797. The van der Waals surface area contributed by atoms with Crippen LogP contribution in [0.4, 0.5) is 0 Å². The summed E-state index contributed by atoms with van der Waals surface area (Å²) in [6.07, 6.45) is 1.17. The molecule has 2 atom stereocenters. The molecule has 0 heterocycles. The lowest BCUT2D eigenvalue weighted by Crippen LogP contribution is -2.37. The molecular weight excluding hydrogens is 218 g/mol. The predicted octanol–water partition coefficient (Wildman–Crippen LogP) is 4.12. The lowest BCUT2D eigenvalue weighted by atomic mass is 9.83. The minimum Gasteiger partial charge on any atom is -0.314 e. The van der Waals surface area contributed by atoms with Gasteiger partial charge in [0.05, 0.1) is 0 Å². The Hall–Kier alpha value is -0.820. The zero-order valence-corrected chi connectivity index (χ0v) is 12.9. The monoisotopic (exact) mass is 247 g/mol. The third-order valence-electron chi connectivity index (χ3n) is 3.78. The van der Waals surface area contributed by atoms with Gasteiger partial charge in [0.25, 0.3) is 0 Å². The van der Waals surface area contributed by atoms with Crippen LogP contribution in [0, 0.1) is 25.7 Å². The van der Waals surface area contributed by atoms with E-state index in [4.69, 9.17) is 0 Å². The lowest BCUT2D eigenvalue weighted by Gasteiger charge is -2.28. The van der Waals surface area contributed by atoms with Crippen molar-refractivity contribution in [2.24, 2.45) is 11.8 Å². The lowest BCUT2D eigenvalue weighted by molar-refractivity contribution is 0.292. The molecule has 0 fully saturated rings. The Balaban J connectivity index is 2.82. The number of aryl methyl sites for hydroxylation is 2. The van der Waals surface area contributed by atoms with E-state index in [0.717, 1.165) is 6.54 Å². The van der Waals surface area contributed by atoms with Crippen LogP contribution in [0.5, 0.6) is 0 Å². The second-order valence-corrected chi connectivity index (χ2v) is 5.95. The predicted molar refractivity (Wildman–Crippen MR) is 81.1 cm³/mol. The van der Waals surface area contributed by atoms with Gasteiger partial charge < -0.3 is 5.32 Å². The fourth-order valence-corrected chi connectivity index (χ4v) is 2.92. The fourth-order valence-electron chi connectivity index (χ4n) is 2.92. The van der Waals surface area contributed by atoms with Gasteiger partial charge in [0.15, 0.2) is 0 Å². The van der Waals surface area contributed by atoms with E-state index in [2.05, 4.69) is 65.1 Å². The summed E-state index contributed by atoms with van der Waals surface area (Å²) >= 11 is 0. The van der Waals surface area contributed by atoms with Crippen LogP contribution in [-0.2, 0) is 6.42 Å². The van der Waals surface area contributed by atoms with Gasteiger partial charge in [-0.25, -0.2) is 0 Å². The van der Waals surface area contributed by atoms with E-state index < -0.39 is 0 Å². The number of hydrogen-bond donors (Lipinski definition) is 1. The molecule has 0 amide bonds. The topological polar surface area (TPSA) is 12.0 Å². The highest BCUT2D eigenvalue weighted by Crippen LogP contribution is 2.22. The molecule has 18 heavy (non-hydrogen) atoms. The van der Waals surface area contributed by atoms with Gasteiger partial charge in [-0.05, 0) is 51.1 Å². The SMILES string of the molecule is CCNC(C)C(Cc1cc(C)cc(C)c1)C(C)C. The van der Waals surface area contributed by atoms with Crippen molar-refractivity contribution in [3.63, 3.8) is 0 Å². The number of hydrogen-bond acceptors (Lipinski definition) is 1. The minimum atomic E-state index is 0.579. The van der Waals surface area contributed by atoms with Crippen LogP contribution in [0.25, 0.3) is 0 Å². The summed E-state index contributed by atoms with van der Waals surface area (Å²) in [5.74, 6) is 1.41. The molecule has 1 N–H and O–H groups in total. The largest absolute Gasteiger partial charge is 0.314 e. The van der Waals surface area contributed by atoms with Crippen molar-refractivity contribution in [2.45, 2.75) is 54.0 Å². The van der Waals surface area contributed by atoms with Crippen LogP contribution in [0.3, 0.4) is 0 Å². The van der Waals surface area contributed by atoms with Gasteiger partial charge in [0.1, 0.15) is 0 Å². The van der Waals surface area contributed by atoms with Crippen molar-refractivity contribution in [3.05, 3.63) is 34.9 Å². The normalized spacial score (nSPS) is 14.8. The standard InChI is InChI=1S/C17H29N/c1-7-18-15(6)17(12(2)3)11-16-9-13(4)8-14(5)10-16/h8-10,12,15,17-18H,7,11H2,1-6H3. The summed E-state index contributed by atoms with van der Waals surface area (Å²) in [4.78, 5) is 0. The van der Waals surface area contributed by atoms with E-state index in [9.17, 15) is 0 Å². The molecule has 0 aromatic heterocycles. The molecule has 0 aliphatic heterocycles. The fraction of sp³-hybridized carbons (Fsp3) is 0.647. The number of rotatable bonds is 6. The Morgan fingerprint density at radius 2 is 1.56 bits per heavy atom. The average molecular weight is 247 g/mol. The average Bonchev–Trinajstić information content (AvgIpc) is 2.24. The van der Waals surface area contributed by atoms with Gasteiger partial charge >= 0.3 is 0 Å². The highest BCUT2D eigenvalue weighted by molar-refractivity contribution is 5.29. The first-order valence-electron chi connectivity index (χ1n) is 7.24. The molecule has 1 aromatic rings. The summed E-state index contributed by atoms with van der Waals surface area (Å²) in [6, 6.07) is 7.50. The van der Waals surface area contributed by atoms with Gasteiger partial charge in [0, 0.05) is 6.04 Å². The highest BCUT2D eigenvalue weighted by atomic mass is 14.9. The summed E-state index contributed by atoms with van der Waals surface area (Å²) in [7, 11) is 0. The van der Waals surface area contributed by atoms with E-state index in [-0.39, 0.29) is 0 Å². The summed E-state index contributed by atoms with van der Waals surface area (Å²) < 4.78 is 0. The zero-order chi connectivity index (χ0) is 13.7. The third-order valence-corrected chi connectivity index (χ3v) is 3.78. The van der Waals surface area contributed by atoms with E-state index in [1.807, 2.05) is 0 Å². The molecule has 0 radical (unpaired) electrons. The van der Waals surface area contributed by atoms with Crippen molar-refractivity contribution in [1.29, 1.82) is 0 Å². The maximum atomic E-state index is 3.58. The van der Waals surface area contributed by atoms with Gasteiger partial charge in [-0.1, -0.05) is 50.1 Å². The highest BCUT2D eigenvalue weighted by Gasteiger charge is 2.20. The van der Waals surface area contributed by atoms with Crippen LogP contribution in [0.15, 0.2) is 18.2 Å². The molecule has 0 spiro atoms. The summed E-state index contributed by atoms with van der Waals surface area (Å²) in [5, 5.41) is 3.58. The van der Waals surface area contributed by atoms with E-state index in [0.29, 0.717) is 17.9 Å². The van der Waals surface area contributed by atoms with Crippen molar-refractivity contribution in [2.75, 3.05) is 6.54 Å². The maximum absolute atomic E-state index is 3.58. The molecular formula is C17H29N. The Labute approximate surface area is 113 Å². The van der Waals surface area contributed by atoms with Crippen molar-refractivity contribution >= 4 is 0 Å². The number of nitrogens with one attached hydrogen (secondary N) is 1. The Kier molecular flexibility index (Phi) is 5.87. The molecule has 1 rings (SSSR count). The van der Waals surface area contributed by atoms with Crippen molar-refractivity contribution < 1.29 is 0 Å². The molecule has 1 aromatic carbocycles. The maximum Gasteiger partial charge on any atom is 0.00725 e. The van der Waals surface area contributed by atoms with Crippen LogP contribution in [0.1, 0.15) is 44.4 Å². The first-order valence-corrected chi connectivity index (χ1v) is 7.24. The molecule has 0 aliphatic carbocycles. The molecule has 0 bridgehead atoms. The molecule has 102 valence electrons. The smallest absolute Gasteiger partial charge is 0.00725 e. The van der Waals surface area contributed by atoms with Crippen LogP contribution < -0.4 is 5.32 Å². The second-order valence-electron chi connectivity index (χ2n) is 5.95. The van der Waals surface area contributed by atoms with Crippen LogP contribution >= 0.6 is 0 Å². The van der Waals surface area contributed by atoms with Crippen LogP contribution in [-0.4, -0.2) is 12.6 Å². The summed E-state index contributed by atoms with van der Waals surface area (Å²) in [5.41, 5.74) is 4.24. The third kappa shape index (κ3) is 4.45. The molecule has 0 saturated heterocycles. The Morgan fingerprint density at radius 1 is 1.00 bits per heavy atom. The van der Waals surface area contributed by atoms with E-state index in [1.54, 1.807) is 0 Å². The van der Waals surface area contributed by atoms with E-state index >= 15 is 0 Å². The Bertz CT molecular complexity index is 348. The van der Waals surface area contributed by atoms with Gasteiger partial charge in [-0.3, -0.25) is 0 Å². The molecule has 1 nitrogen and oxygen atoms in total. The molecule has 0 aliphatic rings. The van der Waals surface area contributed by atoms with Crippen molar-refractivity contribution in [1.82, 2.24) is 5.32 Å². The Morgan fingerprint density at radius 3 is 2.00 bits per heavy atom. The van der Waals surface area contributed by atoms with E-state index in [1.165, 1.54) is 23.1 Å². The summed E-state index contributed by atoms with van der Waals surface area (Å²) in [6.45, 7) is 14.6. The molecule has 2 unspecified atom stereocenters. The van der Waals surface area contributed by atoms with Crippen molar-refractivity contribution in [3.8, 4) is 0 Å². The van der Waals surface area contributed by atoms with Gasteiger partial charge in [0.2, 0.25) is 0 Å². The zero-order valence-electron chi connectivity index (χ0n) is 12.9.